The Hall–Kier alpha value is -0.460. The van der Waals surface area contributed by atoms with E-state index in [2.05, 4.69) is 13.8 Å². The average molecular weight is 168 g/mol. The van der Waals surface area contributed by atoms with Crippen LogP contribution in [0.4, 0.5) is 0 Å². The zero-order chi connectivity index (χ0) is 8.81. The van der Waals surface area contributed by atoms with E-state index in [1.165, 1.54) is 37.7 Å². The molecule has 0 fully saturated rings. The van der Waals surface area contributed by atoms with Gasteiger partial charge in [-0.05, 0) is 37.2 Å². The van der Waals surface area contributed by atoms with Crippen molar-refractivity contribution in [3.8, 4) is 0 Å². The molecule has 0 aromatic carbocycles. The maximum atomic E-state index is 5.45. The smallest absolute Gasteiger partial charge is 0.0898 e. The van der Waals surface area contributed by atoms with Crippen LogP contribution in [0.5, 0.6) is 0 Å². The topological polar surface area (TPSA) is 9.23 Å². The Balaban J connectivity index is 2.28. The minimum absolute atomic E-state index is 0.736. The Morgan fingerprint density at radius 2 is 2.42 bits per heavy atom. The second-order valence-electron chi connectivity index (χ2n) is 3.86. The predicted molar refractivity (Wildman–Crippen MR) is 52.0 cm³/mol. The summed E-state index contributed by atoms with van der Waals surface area (Å²) in [5.41, 5.74) is 1.52. The van der Waals surface area contributed by atoms with E-state index in [4.69, 9.17) is 4.74 Å². The highest BCUT2D eigenvalue weighted by molar-refractivity contribution is 4.99. The van der Waals surface area contributed by atoms with Crippen molar-refractivity contribution < 1.29 is 4.74 Å². The lowest BCUT2D eigenvalue weighted by molar-refractivity contribution is 0.206. The van der Waals surface area contributed by atoms with Crippen LogP contribution >= 0.6 is 0 Å². The number of ether oxygens (including phenoxy) is 1. The molecule has 1 rings (SSSR count). The Morgan fingerprint density at radius 1 is 1.58 bits per heavy atom. The van der Waals surface area contributed by atoms with Crippen molar-refractivity contribution in [2.45, 2.75) is 46.0 Å². The molecule has 0 radical (unpaired) electrons. The molecule has 0 N–H and O–H groups in total. The molecule has 1 unspecified atom stereocenters. The van der Waals surface area contributed by atoms with Crippen LogP contribution in [-0.4, -0.2) is 6.61 Å². The van der Waals surface area contributed by atoms with Gasteiger partial charge in [-0.15, -0.1) is 0 Å². The van der Waals surface area contributed by atoms with E-state index < -0.39 is 0 Å². The third-order valence-corrected chi connectivity index (χ3v) is 2.44. The maximum Gasteiger partial charge on any atom is 0.0898 e. The molecule has 1 atom stereocenters. The Morgan fingerprint density at radius 3 is 3.17 bits per heavy atom. The zero-order valence-electron chi connectivity index (χ0n) is 8.31. The largest absolute Gasteiger partial charge is 0.501 e. The number of unbranched alkanes of at least 4 members (excludes halogenated alkanes) is 1. The van der Waals surface area contributed by atoms with Crippen molar-refractivity contribution in [1.82, 2.24) is 0 Å². The molecule has 0 aromatic heterocycles. The van der Waals surface area contributed by atoms with Crippen LogP contribution < -0.4 is 0 Å². The van der Waals surface area contributed by atoms with Gasteiger partial charge in [0, 0.05) is 0 Å². The van der Waals surface area contributed by atoms with Crippen molar-refractivity contribution in [2.75, 3.05) is 6.61 Å². The van der Waals surface area contributed by atoms with Gasteiger partial charge in [0.15, 0.2) is 0 Å². The minimum atomic E-state index is 0.736. The highest BCUT2D eigenvalue weighted by atomic mass is 16.5. The van der Waals surface area contributed by atoms with Gasteiger partial charge in [-0.25, -0.2) is 0 Å². The maximum absolute atomic E-state index is 5.45. The van der Waals surface area contributed by atoms with Crippen LogP contribution in [0.3, 0.4) is 0 Å². The molecule has 1 nitrogen and oxygen atoms in total. The van der Waals surface area contributed by atoms with Gasteiger partial charge in [-0.1, -0.05) is 20.3 Å². The quantitative estimate of drug-likeness (QED) is 0.626. The van der Waals surface area contributed by atoms with Crippen molar-refractivity contribution >= 4 is 0 Å². The van der Waals surface area contributed by atoms with E-state index in [-0.39, 0.29) is 0 Å². The fourth-order valence-corrected chi connectivity index (χ4v) is 1.49. The highest BCUT2D eigenvalue weighted by Gasteiger charge is 2.08. The summed E-state index contributed by atoms with van der Waals surface area (Å²) in [4.78, 5) is 0. The molecular formula is C11H20O. The second-order valence-corrected chi connectivity index (χ2v) is 3.86. The van der Waals surface area contributed by atoms with Crippen LogP contribution in [0, 0.1) is 5.92 Å². The highest BCUT2D eigenvalue weighted by Crippen LogP contribution is 2.20. The lowest BCUT2D eigenvalue weighted by Crippen LogP contribution is -1.99. The zero-order valence-corrected chi connectivity index (χ0v) is 8.31. The van der Waals surface area contributed by atoms with E-state index in [1.807, 2.05) is 6.26 Å². The molecule has 1 heteroatoms. The fourth-order valence-electron chi connectivity index (χ4n) is 1.49. The summed E-state index contributed by atoms with van der Waals surface area (Å²) in [5.74, 6) is 0.736. The van der Waals surface area contributed by atoms with Gasteiger partial charge >= 0.3 is 0 Å². The summed E-state index contributed by atoms with van der Waals surface area (Å²) in [5, 5.41) is 0. The van der Waals surface area contributed by atoms with Crippen LogP contribution in [0.15, 0.2) is 11.8 Å². The van der Waals surface area contributed by atoms with Gasteiger partial charge in [0.25, 0.3) is 0 Å². The molecule has 0 spiro atoms. The number of allylic oxidation sites excluding steroid dienone is 1. The summed E-state index contributed by atoms with van der Waals surface area (Å²) >= 11 is 0. The van der Waals surface area contributed by atoms with Gasteiger partial charge in [0.2, 0.25) is 0 Å². The van der Waals surface area contributed by atoms with Crippen LogP contribution in [-0.2, 0) is 4.74 Å². The molecule has 1 aliphatic rings. The number of hydrogen-bond donors (Lipinski definition) is 0. The molecule has 0 bridgehead atoms. The van der Waals surface area contributed by atoms with Gasteiger partial charge in [0.1, 0.15) is 0 Å². The lowest BCUT2D eigenvalue weighted by atomic mass is 10.0. The van der Waals surface area contributed by atoms with Crippen molar-refractivity contribution in [3.63, 3.8) is 0 Å². The molecule has 1 aliphatic heterocycles. The molecular weight excluding hydrogens is 148 g/mol. The van der Waals surface area contributed by atoms with Crippen molar-refractivity contribution in [3.05, 3.63) is 11.8 Å². The van der Waals surface area contributed by atoms with Gasteiger partial charge in [0.05, 0.1) is 12.9 Å². The number of hydrogen-bond acceptors (Lipinski definition) is 1. The first kappa shape index (κ1) is 9.63. The molecule has 0 aliphatic carbocycles. The number of rotatable bonds is 3. The summed E-state index contributed by atoms with van der Waals surface area (Å²) < 4.78 is 5.45. The summed E-state index contributed by atoms with van der Waals surface area (Å²) in [7, 11) is 0. The van der Waals surface area contributed by atoms with Gasteiger partial charge in [-0.3, -0.25) is 0 Å². The Labute approximate surface area is 75.8 Å². The van der Waals surface area contributed by atoms with Crippen molar-refractivity contribution in [2.24, 2.45) is 5.92 Å². The van der Waals surface area contributed by atoms with Crippen LogP contribution in [0.25, 0.3) is 0 Å². The van der Waals surface area contributed by atoms with Crippen LogP contribution in [0.2, 0.25) is 0 Å². The molecule has 70 valence electrons. The van der Waals surface area contributed by atoms with Crippen LogP contribution in [0.1, 0.15) is 46.0 Å². The Bertz CT molecular complexity index is 149. The van der Waals surface area contributed by atoms with E-state index in [9.17, 15) is 0 Å². The third-order valence-electron chi connectivity index (χ3n) is 2.44. The standard InChI is InChI=1S/C11H20O/c1-3-4-5-11-7-6-10(2)8-12-9-11/h9-10H,3-8H2,1-2H3. The van der Waals surface area contributed by atoms with E-state index in [0.29, 0.717) is 0 Å². The molecule has 0 saturated heterocycles. The van der Waals surface area contributed by atoms with E-state index >= 15 is 0 Å². The molecule has 0 amide bonds. The second kappa shape index (κ2) is 5.23. The normalized spacial score (nSPS) is 24.2. The first-order chi connectivity index (χ1) is 5.83. The van der Waals surface area contributed by atoms with E-state index in [1.54, 1.807) is 0 Å². The Kier molecular flexibility index (Phi) is 4.20. The first-order valence-electron chi connectivity index (χ1n) is 5.12. The van der Waals surface area contributed by atoms with Gasteiger partial charge in [-0.2, -0.15) is 0 Å². The summed E-state index contributed by atoms with van der Waals surface area (Å²) in [6, 6.07) is 0. The SMILES string of the molecule is CCCCC1=COCC(C)CC1. The van der Waals surface area contributed by atoms with E-state index in [0.717, 1.165) is 12.5 Å². The monoisotopic (exact) mass is 168 g/mol. The molecule has 0 saturated carbocycles. The minimum Gasteiger partial charge on any atom is -0.501 e. The summed E-state index contributed by atoms with van der Waals surface area (Å²) in [6.45, 7) is 5.41. The molecule has 1 heterocycles. The third kappa shape index (κ3) is 3.29. The lowest BCUT2D eigenvalue weighted by Gasteiger charge is -2.04. The first-order valence-corrected chi connectivity index (χ1v) is 5.12. The average Bonchev–Trinajstić information content (AvgIpc) is 2.27. The van der Waals surface area contributed by atoms with Gasteiger partial charge < -0.3 is 4.74 Å². The summed E-state index contributed by atoms with van der Waals surface area (Å²) in [6.07, 6.45) is 8.38. The molecule has 0 aromatic rings. The van der Waals surface area contributed by atoms with Crippen molar-refractivity contribution in [1.29, 1.82) is 0 Å². The fraction of sp³-hybridized carbons (Fsp3) is 0.818. The predicted octanol–water partition coefficient (Wildman–Crippen LogP) is 3.51. The molecule has 12 heavy (non-hydrogen) atoms.